The van der Waals surface area contributed by atoms with Crippen LogP contribution in [-0.4, -0.2) is 0 Å². The first-order chi connectivity index (χ1) is 13.1. The van der Waals surface area contributed by atoms with Gasteiger partial charge in [0, 0.05) is 5.56 Å². The van der Waals surface area contributed by atoms with Gasteiger partial charge in [-0.2, -0.15) is 0 Å². The van der Waals surface area contributed by atoms with Gasteiger partial charge >= 0.3 is 0 Å². The topological polar surface area (TPSA) is 0 Å². The quantitative estimate of drug-likeness (QED) is 0.533. The van der Waals surface area contributed by atoms with Crippen LogP contribution in [0, 0.1) is 23.4 Å². The largest absolute Gasteiger partial charge is 0.207 e. The van der Waals surface area contributed by atoms with E-state index in [0.717, 1.165) is 48.3 Å². The Morgan fingerprint density at radius 2 is 1.67 bits per heavy atom. The lowest BCUT2D eigenvalue weighted by Crippen LogP contribution is -2.14. The Kier molecular flexibility index (Phi) is 5.12. The van der Waals surface area contributed by atoms with Crippen LogP contribution in [0.1, 0.15) is 73.6 Å². The van der Waals surface area contributed by atoms with E-state index in [9.17, 15) is 13.2 Å². The molecule has 0 heterocycles. The fourth-order valence-electron chi connectivity index (χ4n) is 4.68. The molecule has 0 N–H and O–H groups in total. The van der Waals surface area contributed by atoms with Crippen LogP contribution in [0.4, 0.5) is 13.2 Å². The van der Waals surface area contributed by atoms with E-state index in [0.29, 0.717) is 24.0 Å². The zero-order valence-electron chi connectivity index (χ0n) is 15.7. The number of benzene rings is 2. The van der Waals surface area contributed by atoms with Gasteiger partial charge in [-0.15, -0.1) is 0 Å². The molecular weight excluding hydrogens is 345 g/mol. The first-order valence-corrected chi connectivity index (χ1v) is 10.0. The molecule has 0 aromatic heterocycles. The molecule has 2 aromatic carbocycles. The van der Waals surface area contributed by atoms with Crippen LogP contribution in [0.15, 0.2) is 30.3 Å². The minimum atomic E-state index is -0.754. The normalized spacial score (nSPS) is 22.3. The molecule has 1 fully saturated rings. The van der Waals surface area contributed by atoms with Gasteiger partial charge in [-0.05, 0) is 84.8 Å². The van der Waals surface area contributed by atoms with E-state index < -0.39 is 11.6 Å². The number of hydrogen-bond acceptors (Lipinski definition) is 0. The third kappa shape index (κ3) is 3.56. The first-order valence-electron chi connectivity index (χ1n) is 10.0. The highest BCUT2D eigenvalue weighted by molar-refractivity contribution is 5.84. The molecule has 2 aromatic rings. The highest BCUT2D eigenvalue weighted by Gasteiger charge is 2.26. The smallest absolute Gasteiger partial charge is 0.166 e. The van der Waals surface area contributed by atoms with Crippen LogP contribution >= 0.6 is 0 Å². The first kappa shape index (κ1) is 18.3. The van der Waals surface area contributed by atoms with Crippen molar-refractivity contribution in [3.63, 3.8) is 0 Å². The lowest BCUT2D eigenvalue weighted by atomic mass is 9.77. The summed E-state index contributed by atoms with van der Waals surface area (Å²) < 4.78 is 43.3. The summed E-state index contributed by atoms with van der Waals surface area (Å²) in [6.45, 7) is 2.20. The van der Waals surface area contributed by atoms with E-state index in [1.165, 1.54) is 18.6 Å². The van der Waals surface area contributed by atoms with E-state index in [-0.39, 0.29) is 11.7 Å². The van der Waals surface area contributed by atoms with Crippen molar-refractivity contribution >= 4 is 11.6 Å². The molecule has 1 saturated carbocycles. The summed E-state index contributed by atoms with van der Waals surface area (Å²) in [6.07, 6.45) is 8.37. The molecule has 0 nitrogen and oxygen atoms in total. The van der Waals surface area contributed by atoms with Crippen LogP contribution in [0.25, 0.3) is 11.6 Å². The van der Waals surface area contributed by atoms with Gasteiger partial charge in [0.2, 0.25) is 0 Å². The van der Waals surface area contributed by atoms with E-state index >= 15 is 0 Å². The zero-order chi connectivity index (χ0) is 19.0. The van der Waals surface area contributed by atoms with E-state index in [1.807, 2.05) is 0 Å². The second-order valence-electron chi connectivity index (χ2n) is 7.97. The monoisotopic (exact) mass is 370 g/mol. The minimum absolute atomic E-state index is 0.117. The molecule has 0 aliphatic heterocycles. The lowest BCUT2D eigenvalue weighted by molar-refractivity contribution is 0.312. The fourth-order valence-corrected chi connectivity index (χ4v) is 4.68. The lowest BCUT2D eigenvalue weighted by Gasteiger charge is -2.28. The second-order valence-corrected chi connectivity index (χ2v) is 7.97. The number of hydrogen-bond donors (Lipinski definition) is 0. The minimum Gasteiger partial charge on any atom is -0.207 e. The van der Waals surface area contributed by atoms with Gasteiger partial charge < -0.3 is 0 Å². The molecule has 27 heavy (non-hydrogen) atoms. The molecule has 0 atom stereocenters. The predicted molar refractivity (Wildman–Crippen MR) is 104 cm³/mol. The van der Waals surface area contributed by atoms with Crippen LogP contribution in [0.3, 0.4) is 0 Å². The number of fused-ring (bicyclic) bond motifs is 1. The molecule has 4 rings (SSSR count). The molecular formula is C24H25F3. The van der Waals surface area contributed by atoms with Gasteiger partial charge in [-0.25, -0.2) is 13.2 Å². The van der Waals surface area contributed by atoms with Crippen molar-refractivity contribution in [3.05, 3.63) is 70.0 Å². The number of allylic oxidation sites excluding steroid dienone is 1. The van der Waals surface area contributed by atoms with Crippen molar-refractivity contribution in [2.45, 2.75) is 57.8 Å². The maximum absolute atomic E-state index is 14.9. The Morgan fingerprint density at radius 1 is 0.889 bits per heavy atom. The van der Waals surface area contributed by atoms with Gasteiger partial charge in [0.15, 0.2) is 11.6 Å². The Hall–Kier alpha value is -2.03. The number of halogens is 3. The average molecular weight is 370 g/mol. The summed E-state index contributed by atoms with van der Waals surface area (Å²) in [5.74, 6) is -0.918. The van der Waals surface area contributed by atoms with Gasteiger partial charge in [0.1, 0.15) is 5.82 Å². The summed E-state index contributed by atoms with van der Waals surface area (Å²) in [4.78, 5) is 0. The molecule has 0 saturated heterocycles. The van der Waals surface area contributed by atoms with Gasteiger partial charge in [0.25, 0.3) is 0 Å². The summed E-state index contributed by atoms with van der Waals surface area (Å²) in [7, 11) is 0. The molecule has 0 unspecified atom stereocenters. The van der Waals surface area contributed by atoms with Gasteiger partial charge in [-0.1, -0.05) is 37.6 Å². The average Bonchev–Trinajstić information content (AvgIpc) is 2.69. The van der Waals surface area contributed by atoms with Crippen LogP contribution < -0.4 is 0 Å². The Bertz CT molecular complexity index is 873. The fraction of sp³-hybridized carbons (Fsp3) is 0.417. The van der Waals surface area contributed by atoms with Crippen molar-refractivity contribution in [3.8, 4) is 0 Å². The molecule has 0 spiro atoms. The summed E-state index contributed by atoms with van der Waals surface area (Å²) in [5.41, 5.74) is 3.39. The van der Waals surface area contributed by atoms with Gasteiger partial charge in [0.05, 0.1) is 0 Å². The third-order valence-electron chi connectivity index (χ3n) is 6.42. The molecule has 0 radical (unpaired) electrons. The van der Waals surface area contributed by atoms with Crippen molar-refractivity contribution < 1.29 is 13.2 Å². The van der Waals surface area contributed by atoms with E-state index in [4.69, 9.17) is 0 Å². The molecule has 0 bridgehead atoms. The number of aryl methyl sites for hydroxylation is 1. The summed E-state index contributed by atoms with van der Waals surface area (Å²) in [5, 5.41) is 0. The Morgan fingerprint density at radius 3 is 2.41 bits per heavy atom. The maximum Gasteiger partial charge on any atom is 0.166 e. The molecule has 2 aliphatic carbocycles. The Balaban J connectivity index is 1.63. The van der Waals surface area contributed by atoms with E-state index in [1.54, 1.807) is 24.3 Å². The van der Waals surface area contributed by atoms with Crippen LogP contribution in [0.2, 0.25) is 0 Å². The molecule has 142 valence electrons. The van der Waals surface area contributed by atoms with Crippen molar-refractivity contribution in [1.29, 1.82) is 0 Å². The van der Waals surface area contributed by atoms with Gasteiger partial charge in [-0.3, -0.25) is 0 Å². The zero-order valence-corrected chi connectivity index (χ0v) is 15.7. The van der Waals surface area contributed by atoms with E-state index in [2.05, 4.69) is 6.92 Å². The standard InChI is InChI=1S/C24H25F3/c1-2-15-3-5-17(6-4-15)21-11-12-22(24(27)23(21)26)18-8-7-16-9-10-20(25)14-19(16)13-18/h9-15,17H,2-8H2,1H3. The predicted octanol–water partition coefficient (Wildman–Crippen LogP) is 7.27. The highest BCUT2D eigenvalue weighted by Crippen LogP contribution is 2.40. The van der Waals surface area contributed by atoms with Crippen LogP contribution in [0.5, 0.6) is 0 Å². The van der Waals surface area contributed by atoms with Crippen LogP contribution in [-0.2, 0) is 6.42 Å². The second kappa shape index (κ2) is 7.53. The molecule has 2 aliphatic rings. The maximum atomic E-state index is 14.9. The van der Waals surface area contributed by atoms with Crippen molar-refractivity contribution in [2.24, 2.45) is 5.92 Å². The summed E-state index contributed by atoms with van der Waals surface area (Å²) >= 11 is 0. The van der Waals surface area contributed by atoms with Crippen molar-refractivity contribution in [2.75, 3.05) is 0 Å². The molecule has 3 heteroatoms. The van der Waals surface area contributed by atoms with Crippen molar-refractivity contribution in [1.82, 2.24) is 0 Å². The molecule has 0 amide bonds. The SMILES string of the molecule is CCC1CCC(c2ccc(C3=Cc4cc(F)ccc4CC3)c(F)c2F)CC1. The number of rotatable bonds is 3. The highest BCUT2D eigenvalue weighted by atomic mass is 19.2. The summed E-state index contributed by atoms with van der Waals surface area (Å²) in [6, 6.07) is 8.16. The Labute approximate surface area is 159 Å². The third-order valence-corrected chi connectivity index (χ3v) is 6.42.